The maximum atomic E-state index is 7.35. The van der Waals surface area contributed by atoms with Gasteiger partial charge in [0.2, 0.25) is 0 Å². The number of benzene rings is 6. The molecule has 4 aliphatic carbocycles. The van der Waals surface area contributed by atoms with Crippen molar-refractivity contribution in [1.29, 1.82) is 0 Å². The van der Waals surface area contributed by atoms with E-state index >= 15 is 0 Å². The third-order valence-electron chi connectivity index (χ3n) is 15.0. The SMILES string of the molecule is C1CCC([PH+](CC[PH+](C2CCCCC2)C2CCCCC2)C2CCCCC2)CC1.[Ag+].[Ag+].[C-]#Cc1cc2ccccc2c2ccccc12.[C-]#Cc1cc2ccccc2c2ccccc12. The van der Waals surface area contributed by atoms with Crippen molar-refractivity contribution in [3.8, 4) is 11.8 Å². The zero-order valence-corrected chi connectivity index (χ0v) is 41.8. The molecule has 0 amide bonds. The van der Waals surface area contributed by atoms with E-state index in [4.69, 9.17) is 12.8 Å². The normalized spacial score (nSPS) is 17.9. The van der Waals surface area contributed by atoms with Gasteiger partial charge < -0.3 is 12.8 Å². The number of fused-ring (bicyclic) bond motifs is 6. The van der Waals surface area contributed by atoms with E-state index in [-0.39, 0.29) is 60.6 Å². The summed E-state index contributed by atoms with van der Waals surface area (Å²) in [5.74, 6) is 5.02. The minimum Gasteiger partial charge on any atom is -0.366 e. The predicted octanol–water partition coefficient (Wildman–Crippen LogP) is 16.6. The monoisotopic (exact) mass is 1040 g/mol. The van der Waals surface area contributed by atoms with Gasteiger partial charge in [-0.05, 0) is 135 Å². The van der Waals surface area contributed by atoms with Gasteiger partial charge in [-0.15, -0.1) is 23.3 Å². The van der Waals surface area contributed by atoms with Gasteiger partial charge in [-0.3, -0.25) is 11.8 Å². The number of rotatable bonds is 7. The summed E-state index contributed by atoms with van der Waals surface area (Å²) in [5, 5.41) is 9.36. The molecule has 62 heavy (non-hydrogen) atoms. The van der Waals surface area contributed by atoms with Gasteiger partial charge in [-0.25, -0.2) is 0 Å². The zero-order valence-electron chi connectivity index (χ0n) is 36.9. The van der Waals surface area contributed by atoms with E-state index in [2.05, 4.69) is 48.2 Å². The minimum atomic E-state index is -0.0909. The van der Waals surface area contributed by atoms with E-state index in [0.717, 1.165) is 32.7 Å². The Kier molecular flexibility index (Phi) is 20.3. The summed E-state index contributed by atoms with van der Waals surface area (Å²) in [6.45, 7) is 0. The first-order valence-electron chi connectivity index (χ1n) is 24.1. The van der Waals surface area contributed by atoms with Crippen molar-refractivity contribution in [3.05, 3.63) is 133 Å². The fourth-order valence-electron chi connectivity index (χ4n) is 12.0. The van der Waals surface area contributed by atoms with Gasteiger partial charge >= 0.3 is 44.8 Å². The quantitative estimate of drug-likeness (QED) is 0.0491. The van der Waals surface area contributed by atoms with Gasteiger partial charge in [0.05, 0.1) is 35.0 Å². The molecule has 0 bridgehead atoms. The Morgan fingerprint density at radius 1 is 0.355 bits per heavy atom. The summed E-state index contributed by atoms with van der Waals surface area (Å²) < 4.78 is 0. The van der Waals surface area contributed by atoms with E-state index in [0.29, 0.717) is 0 Å². The molecule has 4 heteroatoms. The first-order valence-corrected chi connectivity index (χ1v) is 27.8. The molecule has 6 aromatic rings. The Morgan fingerprint density at radius 2 is 0.613 bits per heavy atom. The molecule has 4 fully saturated rings. The molecule has 0 saturated heterocycles. The minimum absolute atomic E-state index is 0. The molecule has 330 valence electrons. The van der Waals surface area contributed by atoms with Crippen LogP contribution in [0.25, 0.3) is 43.1 Å². The van der Waals surface area contributed by atoms with Crippen molar-refractivity contribution in [2.75, 3.05) is 12.3 Å². The zero-order chi connectivity index (χ0) is 40.9. The van der Waals surface area contributed by atoms with Crippen LogP contribution in [0.4, 0.5) is 0 Å². The molecule has 4 aliphatic rings. The van der Waals surface area contributed by atoms with Crippen LogP contribution in [-0.2, 0) is 44.8 Å². The largest absolute Gasteiger partial charge is 1.00 e. The summed E-state index contributed by atoms with van der Waals surface area (Å²) >= 11 is 0. The van der Waals surface area contributed by atoms with Crippen molar-refractivity contribution in [1.82, 2.24) is 0 Å². The Morgan fingerprint density at radius 3 is 0.903 bits per heavy atom. The van der Waals surface area contributed by atoms with E-state index in [1.54, 1.807) is 141 Å². The third kappa shape index (κ3) is 12.4. The summed E-state index contributed by atoms with van der Waals surface area (Å²) in [7, 11) is -0.182. The van der Waals surface area contributed by atoms with Crippen molar-refractivity contribution >= 4 is 58.9 Å². The van der Waals surface area contributed by atoms with Crippen LogP contribution >= 0.6 is 15.8 Å². The maximum absolute atomic E-state index is 7.35. The van der Waals surface area contributed by atoms with Crippen LogP contribution in [0.1, 0.15) is 140 Å². The van der Waals surface area contributed by atoms with E-state index in [9.17, 15) is 0 Å². The van der Waals surface area contributed by atoms with Crippen LogP contribution in [-0.4, -0.2) is 35.0 Å². The summed E-state index contributed by atoms with van der Waals surface area (Å²) in [6.07, 6.45) is 50.2. The molecular weight excluding hydrogens is 974 g/mol. The molecule has 0 radical (unpaired) electrons. The Balaban J connectivity index is 0.000000162. The Labute approximate surface area is 408 Å². The van der Waals surface area contributed by atoms with E-state index in [1.807, 2.05) is 72.8 Å². The Hall–Kier alpha value is -2.18. The van der Waals surface area contributed by atoms with E-state index in [1.165, 1.54) is 44.2 Å². The second-order valence-corrected chi connectivity index (χ2v) is 25.2. The summed E-state index contributed by atoms with van der Waals surface area (Å²) in [6, 6.07) is 36.9. The molecule has 0 heterocycles. The molecule has 6 aromatic carbocycles. The number of hydrogen-bond acceptors (Lipinski definition) is 0. The first kappa shape index (κ1) is 49.3. The van der Waals surface area contributed by atoms with Gasteiger partial charge in [-0.2, -0.15) is 0 Å². The van der Waals surface area contributed by atoms with Gasteiger partial charge in [0, 0.05) is 15.8 Å². The molecule has 0 atom stereocenters. The van der Waals surface area contributed by atoms with Crippen LogP contribution < -0.4 is 0 Å². The van der Waals surface area contributed by atoms with E-state index < -0.39 is 0 Å². The maximum Gasteiger partial charge on any atom is 1.00 e. The average Bonchev–Trinajstić information content (AvgIpc) is 3.34. The van der Waals surface area contributed by atoms with Crippen molar-refractivity contribution in [2.45, 2.75) is 151 Å². The molecule has 0 nitrogen and oxygen atoms in total. The van der Waals surface area contributed by atoms with Crippen LogP contribution in [0.3, 0.4) is 0 Å². The fourth-order valence-corrected chi connectivity index (χ4v) is 21.9. The topological polar surface area (TPSA) is 0 Å². The van der Waals surface area contributed by atoms with Crippen LogP contribution in [0.5, 0.6) is 0 Å². The smallest absolute Gasteiger partial charge is 0.366 e. The second kappa shape index (κ2) is 25.5. The molecular formula is C58H68Ag2P2+2. The van der Waals surface area contributed by atoms with Crippen LogP contribution in [0.15, 0.2) is 109 Å². The predicted molar refractivity (Wildman–Crippen MR) is 269 cm³/mol. The third-order valence-corrected chi connectivity index (χ3v) is 23.7. The fraction of sp³-hybridized carbons (Fsp3) is 0.448. The van der Waals surface area contributed by atoms with Crippen molar-refractivity contribution < 1.29 is 44.8 Å². The molecule has 0 aromatic heterocycles. The Bertz CT molecular complexity index is 2180. The molecule has 0 spiro atoms. The first-order chi connectivity index (χ1) is 29.7. The average molecular weight is 1040 g/mol. The van der Waals surface area contributed by atoms with Gasteiger partial charge in [0.15, 0.2) is 0 Å². The molecule has 0 N–H and O–H groups in total. The number of hydrogen-bond donors (Lipinski definition) is 0. The van der Waals surface area contributed by atoms with Gasteiger partial charge in [-0.1, -0.05) is 134 Å². The molecule has 10 rings (SSSR count). The van der Waals surface area contributed by atoms with Gasteiger partial charge in [0.1, 0.15) is 0 Å². The van der Waals surface area contributed by atoms with Crippen molar-refractivity contribution in [3.63, 3.8) is 0 Å². The standard InChI is InChI=1S/C26H48P2.2C16H9.2Ag/c1-5-13-23(14-6-1)27(24-15-7-2-8-16-24)21-22-28(25-17-9-3-10-18-25)26-19-11-4-12-20-26;2*1-2-12-11-13-7-3-4-9-15(13)16-10-6-5-8-14(12)16;;/h23-26H,1-22H2;2*3-11H;;/q;2*-1;2*+1/p+2. The molecule has 4 saturated carbocycles. The molecule has 0 aliphatic heterocycles. The second-order valence-electron chi connectivity index (χ2n) is 18.6. The summed E-state index contributed by atoms with van der Waals surface area (Å²) in [5.41, 5.74) is 6.61. The van der Waals surface area contributed by atoms with Crippen LogP contribution in [0.2, 0.25) is 0 Å². The van der Waals surface area contributed by atoms with Gasteiger partial charge in [0.25, 0.3) is 0 Å². The summed E-state index contributed by atoms with van der Waals surface area (Å²) in [4.78, 5) is 0. The van der Waals surface area contributed by atoms with Crippen LogP contribution in [0, 0.1) is 24.7 Å². The molecule has 0 unspecified atom stereocenters. The van der Waals surface area contributed by atoms with Crippen molar-refractivity contribution in [2.24, 2.45) is 0 Å².